The molecule has 0 rings (SSSR count). The molecule has 0 atom stereocenters. The summed E-state index contributed by atoms with van der Waals surface area (Å²) in [6, 6.07) is 0. The van der Waals surface area contributed by atoms with Crippen LogP contribution in [0.5, 0.6) is 0 Å². The van der Waals surface area contributed by atoms with Gasteiger partial charge in [-0.2, -0.15) is 0 Å². The molecule has 0 saturated carbocycles. The SMILES string of the molecule is CC/C=C\CCCCNC(=O)CCN(CCCN(C)CCC)CCC(=O)NCCCC/C=C\CC. The van der Waals surface area contributed by atoms with Crippen LogP contribution in [0, 0.1) is 0 Å². The quantitative estimate of drug-likeness (QED) is 0.142. The van der Waals surface area contributed by atoms with Crippen molar-refractivity contribution in [1.29, 1.82) is 0 Å². The first kappa shape index (κ1) is 33.3. The topological polar surface area (TPSA) is 64.7 Å². The lowest BCUT2D eigenvalue weighted by molar-refractivity contribution is -0.121. The van der Waals surface area contributed by atoms with Gasteiger partial charge in [0.15, 0.2) is 0 Å². The second kappa shape index (κ2) is 25.4. The van der Waals surface area contributed by atoms with Gasteiger partial charge in [0.05, 0.1) is 0 Å². The van der Waals surface area contributed by atoms with E-state index >= 15 is 0 Å². The molecule has 0 aliphatic rings. The van der Waals surface area contributed by atoms with Gasteiger partial charge < -0.3 is 20.4 Å². The highest BCUT2D eigenvalue weighted by molar-refractivity contribution is 5.76. The monoisotopic (exact) mass is 492 g/mol. The average molecular weight is 493 g/mol. The first-order chi connectivity index (χ1) is 17.0. The minimum absolute atomic E-state index is 0.115. The van der Waals surface area contributed by atoms with Gasteiger partial charge >= 0.3 is 0 Å². The molecule has 6 nitrogen and oxygen atoms in total. The third-order valence-electron chi connectivity index (χ3n) is 5.97. The van der Waals surface area contributed by atoms with Crippen LogP contribution in [-0.4, -0.2) is 74.5 Å². The number of nitrogens with one attached hydrogen (secondary N) is 2. The summed E-state index contributed by atoms with van der Waals surface area (Å²) in [5, 5.41) is 6.11. The summed E-state index contributed by atoms with van der Waals surface area (Å²) in [7, 11) is 2.16. The highest BCUT2D eigenvalue weighted by Gasteiger charge is 2.11. The maximum absolute atomic E-state index is 12.3. The maximum Gasteiger partial charge on any atom is 0.221 e. The van der Waals surface area contributed by atoms with Gasteiger partial charge in [0, 0.05) is 39.0 Å². The van der Waals surface area contributed by atoms with E-state index in [1.807, 2.05) is 0 Å². The van der Waals surface area contributed by atoms with Crippen LogP contribution in [0.2, 0.25) is 0 Å². The van der Waals surface area contributed by atoms with Crippen LogP contribution >= 0.6 is 0 Å². The fourth-order valence-electron chi connectivity index (χ4n) is 3.89. The molecule has 2 N–H and O–H groups in total. The molecule has 0 unspecified atom stereocenters. The highest BCUT2D eigenvalue weighted by atomic mass is 16.2. The lowest BCUT2D eigenvalue weighted by Gasteiger charge is -2.23. The predicted octanol–water partition coefficient (Wildman–Crippen LogP) is 5.31. The van der Waals surface area contributed by atoms with Gasteiger partial charge in [-0.05, 0) is 90.9 Å². The fourth-order valence-corrected chi connectivity index (χ4v) is 3.89. The van der Waals surface area contributed by atoms with Crippen molar-refractivity contribution in [2.24, 2.45) is 0 Å². The molecule has 6 heteroatoms. The van der Waals surface area contributed by atoms with Gasteiger partial charge in [-0.1, -0.05) is 45.1 Å². The smallest absolute Gasteiger partial charge is 0.221 e. The number of hydrogen-bond acceptors (Lipinski definition) is 4. The number of unbranched alkanes of at least 4 members (excludes halogenated alkanes) is 4. The Bertz CT molecular complexity index is 523. The molecule has 0 aliphatic heterocycles. The number of carbonyl (C=O) groups is 2. The molecule has 35 heavy (non-hydrogen) atoms. The summed E-state index contributed by atoms with van der Waals surface area (Å²) in [6.45, 7) is 12.5. The van der Waals surface area contributed by atoms with Crippen LogP contribution < -0.4 is 10.6 Å². The van der Waals surface area contributed by atoms with Gasteiger partial charge in [-0.3, -0.25) is 9.59 Å². The number of rotatable bonds is 24. The summed E-state index contributed by atoms with van der Waals surface area (Å²) in [5.74, 6) is 0.229. The van der Waals surface area contributed by atoms with Crippen molar-refractivity contribution in [3.63, 3.8) is 0 Å². The zero-order valence-electron chi connectivity index (χ0n) is 23.5. The van der Waals surface area contributed by atoms with Gasteiger partial charge in [0.1, 0.15) is 0 Å². The van der Waals surface area contributed by atoms with Crippen LogP contribution in [-0.2, 0) is 9.59 Å². The normalized spacial score (nSPS) is 11.8. The van der Waals surface area contributed by atoms with E-state index in [0.717, 1.165) is 96.9 Å². The van der Waals surface area contributed by atoms with Crippen LogP contribution in [0.1, 0.15) is 97.8 Å². The van der Waals surface area contributed by atoms with Gasteiger partial charge in [-0.15, -0.1) is 0 Å². The molecule has 0 bridgehead atoms. The third-order valence-corrected chi connectivity index (χ3v) is 5.97. The van der Waals surface area contributed by atoms with E-state index < -0.39 is 0 Å². The van der Waals surface area contributed by atoms with Gasteiger partial charge in [0.2, 0.25) is 11.8 Å². The summed E-state index contributed by atoms with van der Waals surface area (Å²) in [4.78, 5) is 29.3. The Labute approximate surface area is 217 Å². The number of carbonyl (C=O) groups excluding carboxylic acids is 2. The predicted molar refractivity (Wildman–Crippen MR) is 151 cm³/mol. The molecule has 204 valence electrons. The molecule has 0 fully saturated rings. The highest BCUT2D eigenvalue weighted by Crippen LogP contribution is 2.01. The molecule has 0 aromatic heterocycles. The molecule has 0 aromatic rings. The second-order valence-corrected chi connectivity index (χ2v) is 9.45. The molecular formula is C29H56N4O2. The van der Waals surface area contributed by atoms with Gasteiger partial charge in [0.25, 0.3) is 0 Å². The van der Waals surface area contributed by atoms with E-state index in [2.05, 4.69) is 72.6 Å². The second-order valence-electron chi connectivity index (χ2n) is 9.45. The largest absolute Gasteiger partial charge is 0.356 e. The van der Waals surface area contributed by atoms with E-state index in [1.54, 1.807) is 0 Å². The van der Waals surface area contributed by atoms with Crippen LogP contribution in [0.4, 0.5) is 0 Å². The summed E-state index contributed by atoms with van der Waals surface area (Å²) in [6.07, 6.45) is 20.6. The lowest BCUT2D eigenvalue weighted by Crippen LogP contribution is -2.36. The molecule has 0 aliphatic carbocycles. The Morgan fingerprint density at radius 3 is 1.60 bits per heavy atom. The average Bonchev–Trinajstić information content (AvgIpc) is 2.84. The Kier molecular flexibility index (Phi) is 24.2. The van der Waals surface area contributed by atoms with E-state index in [1.165, 1.54) is 0 Å². The van der Waals surface area contributed by atoms with Gasteiger partial charge in [-0.25, -0.2) is 0 Å². The van der Waals surface area contributed by atoms with E-state index in [9.17, 15) is 9.59 Å². The summed E-state index contributed by atoms with van der Waals surface area (Å²) in [5.41, 5.74) is 0. The van der Waals surface area contributed by atoms with E-state index in [4.69, 9.17) is 0 Å². The molecule has 0 saturated heterocycles. The third kappa shape index (κ3) is 23.8. The zero-order chi connectivity index (χ0) is 26.0. The minimum atomic E-state index is 0.115. The first-order valence-electron chi connectivity index (χ1n) is 14.3. The number of hydrogen-bond donors (Lipinski definition) is 2. The minimum Gasteiger partial charge on any atom is -0.356 e. The number of amides is 2. The molecule has 2 amide bonds. The Morgan fingerprint density at radius 2 is 1.14 bits per heavy atom. The maximum atomic E-state index is 12.3. The Hall–Kier alpha value is -1.66. The Balaban J connectivity index is 4.26. The van der Waals surface area contributed by atoms with Crippen molar-refractivity contribution in [3.05, 3.63) is 24.3 Å². The first-order valence-corrected chi connectivity index (χ1v) is 14.3. The molecule has 0 spiro atoms. The van der Waals surface area contributed by atoms with Crippen molar-refractivity contribution in [3.8, 4) is 0 Å². The van der Waals surface area contributed by atoms with Crippen molar-refractivity contribution >= 4 is 11.8 Å². The van der Waals surface area contributed by atoms with Crippen molar-refractivity contribution in [1.82, 2.24) is 20.4 Å². The van der Waals surface area contributed by atoms with E-state index in [-0.39, 0.29) is 11.8 Å². The van der Waals surface area contributed by atoms with Crippen LogP contribution in [0.15, 0.2) is 24.3 Å². The van der Waals surface area contributed by atoms with Crippen molar-refractivity contribution in [2.45, 2.75) is 97.8 Å². The lowest BCUT2D eigenvalue weighted by atomic mass is 10.2. The molecule has 0 radical (unpaired) electrons. The van der Waals surface area contributed by atoms with Crippen molar-refractivity contribution < 1.29 is 9.59 Å². The van der Waals surface area contributed by atoms with E-state index in [0.29, 0.717) is 25.9 Å². The van der Waals surface area contributed by atoms with Crippen LogP contribution in [0.25, 0.3) is 0 Å². The number of nitrogens with zero attached hydrogens (tertiary/aromatic N) is 2. The molecule has 0 aromatic carbocycles. The summed E-state index contributed by atoms with van der Waals surface area (Å²) < 4.78 is 0. The van der Waals surface area contributed by atoms with Crippen LogP contribution in [0.3, 0.4) is 0 Å². The fraction of sp³-hybridized carbons (Fsp3) is 0.793. The Morgan fingerprint density at radius 1 is 0.629 bits per heavy atom. The standard InChI is InChI=1S/C29H56N4O2/c1-5-8-10-12-14-16-21-30-28(34)19-26-33(25-18-24-32(4)23-7-3)27-20-29(35)31-22-17-15-13-11-9-6-2/h8-11H,5-7,12-27H2,1-4H3,(H,30,34)(H,31,35)/b10-8-,11-9-. The molecule has 0 heterocycles. The number of allylic oxidation sites excluding steroid dienone is 4. The molecular weight excluding hydrogens is 436 g/mol. The van der Waals surface area contributed by atoms with Crippen molar-refractivity contribution in [2.75, 3.05) is 52.9 Å². The zero-order valence-corrected chi connectivity index (χ0v) is 23.5. The summed E-state index contributed by atoms with van der Waals surface area (Å²) >= 11 is 0.